The highest BCUT2D eigenvalue weighted by Crippen LogP contribution is 2.36. The molecule has 0 aliphatic carbocycles. The fraction of sp³-hybridized carbons (Fsp3) is 0.321. The van der Waals surface area contributed by atoms with Crippen LogP contribution in [0.4, 0.5) is 0 Å². The Morgan fingerprint density at radius 1 is 1.25 bits per heavy atom. The molecule has 1 aromatic heterocycles. The molecule has 0 saturated carbocycles. The SMILES string of the molecule is Cc1cc(-c2nn(-c3ccccc3)cc2/C=C2\SC(=S)N(C[C@@H]3CCCO3)C2=O)ccc1OC(C)C. The van der Waals surface area contributed by atoms with Crippen LogP contribution >= 0.6 is 24.0 Å². The Morgan fingerprint density at radius 3 is 2.75 bits per heavy atom. The van der Waals surface area contributed by atoms with Crippen LogP contribution in [0, 0.1) is 6.92 Å². The Labute approximate surface area is 221 Å². The summed E-state index contributed by atoms with van der Waals surface area (Å²) in [6.07, 6.45) is 6.00. The predicted molar refractivity (Wildman–Crippen MR) is 148 cm³/mol. The molecule has 1 amide bonds. The molecule has 2 aliphatic heterocycles. The number of nitrogens with zero attached hydrogens (tertiary/aromatic N) is 3. The fourth-order valence-corrected chi connectivity index (χ4v) is 5.67. The summed E-state index contributed by atoms with van der Waals surface area (Å²) in [5, 5.41) is 4.91. The van der Waals surface area contributed by atoms with Gasteiger partial charge in [-0.3, -0.25) is 9.69 Å². The maximum atomic E-state index is 13.3. The molecule has 186 valence electrons. The number of carbonyl (C=O) groups excluding carboxylic acids is 1. The molecule has 8 heteroatoms. The third-order valence-electron chi connectivity index (χ3n) is 6.14. The lowest BCUT2D eigenvalue weighted by molar-refractivity contribution is -0.123. The van der Waals surface area contributed by atoms with Crippen LogP contribution in [0.15, 0.2) is 59.6 Å². The third-order valence-corrected chi connectivity index (χ3v) is 7.52. The summed E-state index contributed by atoms with van der Waals surface area (Å²) >= 11 is 6.89. The molecule has 0 spiro atoms. The monoisotopic (exact) mass is 519 g/mol. The van der Waals surface area contributed by atoms with Crippen molar-refractivity contribution in [3.05, 3.63) is 70.8 Å². The van der Waals surface area contributed by atoms with Crippen LogP contribution in [-0.2, 0) is 9.53 Å². The molecule has 6 nitrogen and oxygen atoms in total. The molecular weight excluding hydrogens is 490 g/mol. The molecule has 0 radical (unpaired) electrons. The number of aryl methyl sites for hydroxylation is 1. The van der Waals surface area contributed by atoms with Crippen LogP contribution in [0.3, 0.4) is 0 Å². The first-order valence-corrected chi connectivity index (χ1v) is 13.4. The van der Waals surface area contributed by atoms with Crippen molar-refractivity contribution in [3.63, 3.8) is 0 Å². The minimum absolute atomic E-state index is 0.0535. The summed E-state index contributed by atoms with van der Waals surface area (Å²) < 4.78 is 14.1. The average molecular weight is 520 g/mol. The number of hydrogen-bond acceptors (Lipinski definition) is 6. The first-order chi connectivity index (χ1) is 17.4. The van der Waals surface area contributed by atoms with Gasteiger partial charge in [0.15, 0.2) is 0 Å². The normalized spacial score (nSPS) is 19.2. The maximum absolute atomic E-state index is 13.3. The van der Waals surface area contributed by atoms with Gasteiger partial charge in [-0.1, -0.05) is 42.2 Å². The maximum Gasteiger partial charge on any atom is 0.266 e. The van der Waals surface area contributed by atoms with Crippen molar-refractivity contribution in [2.75, 3.05) is 13.2 Å². The number of benzene rings is 2. The van der Waals surface area contributed by atoms with Gasteiger partial charge in [-0.05, 0) is 75.6 Å². The van der Waals surface area contributed by atoms with E-state index in [0.717, 1.165) is 53.3 Å². The summed E-state index contributed by atoms with van der Waals surface area (Å²) in [6, 6.07) is 16.0. The number of amides is 1. The van der Waals surface area contributed by atoms with E-state index in [1.807, 2.05) is 80.2 Å². The standard InChI is InChI=1S/C28H29N3O3S2/c1-18(2)34-24-12-11-20(14-19(24)3)26-21(16-31(29-26)22-8-5-4-6-9-22)15-25-27(32)30(28(35)36-25)17-23-10-7-13-33-23/h4-6,8-9,11-12,14-16,18,23H,7,10,13,17H2,1-3H3/b25-15-/t23-/m0/s1. The Morgan fingerprint density at radius 2 is 2.06 bits per heavy atom. The lowest BCUT2D eigenvalue weighted by Crippen LogP contribution is -2.35. The van der Waals surface area contributed by atoms with Crippen LogP contribution in [0.2, 0.25) is 0 Å². The van der Waals surface area contributed by atoms with E-state index in [2.05, 4.69) is 6.07 Å². The summed E-state index contributed by atoms with van der Waals surface area (Å²) in [4.78, 5) is 15.6. The van der Waals surface area contributed by atoms with Gasteiger partial charge in [0.25, 0.3) is 5.91 Å². The van der Waals surface area contributed by atoms with Crippen molar-refractivity contribution in [3.8, 4) is 22.7 Å². The number of hydrogen-bond donors (Lipinski definition) is 0. The molecule has 2 saturated heterocycles. The second-order valence-electron chi connectivity index (χ2n) is 9.29. The van der Waals surface area contributed by atoms with Crippen LogP contribution in [0.5, 0.6) is 5.75 Å². The summed E-state index contributed by atoms with van der Waals surface area (Å²) in [5.41, 5.74) is 4.58. The van der Waals surface area contributed by atoms with Gasteiger partial charge in [0.1, 0.15) is 15.8 Å². The fourth-order valence-electron chi connectivity index (χ4n) is 4.40. The highest BCUT2D eigenvalue weighted by atomic mass is 32.2. The van der Waals surface area contributed by atoms with E-state index in [1.165, 1.54) is 11.8 Å². The van der Waals surface area contributed by atoms with E-state index in [0.29, 0.717) is 15.8 Å². The molecule has 3 heterocycles. The molecule has 0 bridgehead atoms. The van der Waals surface area contributed by atoms with Crippen LogP contribution < -0.4 is 4.74 Å². The zero-order valence-electron chi connectivity index (χ0n) is 20.6. The van der Waals surface area contributed by atoms with Crippen molar-refractivity contribution in [1.29, 1.82) is 0 Å². The highest BCUT2D eigenvalue weighted by Gasteiger charge is 2.35. The molecule has 2 fully saturated rings. The molecule has 1 atom stereocenters. The topological polar surface area (TPSA) is 56.6 Å². The van der Waals surface area contributed by atoms with E-state index in [-0.39, 0.29) is 18.1 Å². The van der Waals surface area contributed by atoms with Crippen molar-refractivity contribution in [1.82, 2.24) is 14.7 Å². The number of aromatic nitrogens is 2. The van der Waals surface area contributed by atoms with E-state index in [4.69, 9.17) is 26.8 Å². The molecular formula is C28H29N3O3S2. The number of ether oxygens (including phenoxy) is 2. The number of rotatable bonds is 7. The summed E-state index contributed by atoms with van der Waals surface area (Å²) in [5.74, 6) is 0.781. The Hall–Kier alpha value is -2.94. The Bertz CT molecular complexity index is 1310. The molecule has 2 aliphatic rings. The zero-order chi connectivity index (χ0) is 25.2. The average Bonchev–Trinajstić information content (AvgIpc) is 3.58. The van der Waals surface area contributed by atoms with Crippen molar-refractivity contribution in [2.45, 2.75) is 45.8 Å². The van der Waals surface area contributed by atoms with Crippen LogP contribution in [0.25, 0.3) is 23.0 Å². The molecule has 2 aromatic carbocycles. The second-order valence-corrected chi connectivity index (χ2v) is 11.0. The zero-order valence-corrected chi connectivity index (χ0v) is 22.3. The minimum atomic E-state index is -0.0734. The smallest absolute Gasteiger partial charge is 0.266 e. The predicted octanol–water partition coefficient (Wildman–Crippen LogP) is 6.02. The number of para-hydroxylation sites is 1. The second kappa shape index (κ2) is 10.6. The quantitative estimate of drug-likeness (QED) is 0.281. The van der Waals surface area contributed by atoms with E-state index < -0.39 is 0 Å². The van der Waals surface area contributed by atoms with Crippen molar-refractivity contribution in [2.24, 2.45) is 0 Å². The number of thiocarbonyl (C=S) groups is 1. The summed E-state index contributed by atoms with van der Waals surface area (Å²) in [7, 11) is 0. The van der Waals surface area contributed by atoms with Crippen molar-refractivity contribution >= 4 is 40.3 Å². The van der Waals surface area contributed by atoms with Gasteiger partial charge in [-0.25, -0.2) is 4.68 Å². The first-order valence-electron chi connectivity index (χ1n) is 12.2. The minimum Gasteiger partial charge on any atom is -0.491 e. The van der Waals surface area contributed by atoms with E-state index in [9.17, 15) is 4.79 Å². The molecule has 36 heavy (non-hydrogen) atoms. The molecule has 0 N–H and O–H groups in total. The Kier molecular flexibility index (Phi) is 7.27. The largest absolute Gasteiger partial charge is 0.491 e. The number of carbonyl (C=O) groups is 1. The van der Waals surface area contributed by atoms with Gasteiger partial charge in [-0.2, -0.15) is 5.10 Å². The Balaban J connectivity index is 1.51. The first kappa shape index (κ1) is 24.7. The third kappa shape index (κ3) is 5.26. The van der Waals surface area contributed by atoms with Gasteiger partial charge < -0.3 is 9.47 Å². The van der Waals surface area contributed by atoms with Gasteiger partial charge >= 0.3 is 0 Å². The van der Waals surface area contributed by atoms with E-state index in [1.54, 1.807) is 4.90 Å². The van der Waals surface area contributed by atoms with Crippen LogP contribution in [-0.4, -0.2) is 50.3 Å². The van der Waals surface area contributed by atoms with Crippen molar-refractivity contribution < 1.29 is 14.3 Å². The number of thioether (sulfide) groups is 1. The van der Waals surface area contributed by atoms with Crippen LogP contribution in [0.1, 0.15) is 37.8 Å². The van der Waals surface area contributed by atoms with Gasteiger partial charge in [0, 0.05) is 23.9 Å². The molecule has 5 rings (SSSR count). The molecule has 0 unspecified atom stereocenters. The van der Waals surface area contributed by atoms with E-state index >= 15 is 0 Å². The summed E-state index contributed by atoms with van der Waals surface area (Å²) in [6.45, 7) is 7.32. The highest BCUT2D eigenvalue weighted by molar-refractivity contribution is 8.26. The molecule has 3 aromatic rings. The van der Waals surface area contributed by atoms with Gasteiger partial charge in [0.2, 0.25) is 0 Å². The van der Waals surface area contributed by atoms with Gasteiger partial charge in [0.05, 0.1) is 29.3 Å². The van der Waals surface area contributed by atoms with Gasteiger partial charge in [-0.15, -0.1) is 0 Å². The lowest BCUT2D eigenvalue weighted by Gasteiger charge is -2.18. The lowest BCUT2D eigenvalue weighted by atomic mass is 10.0.